The van der Waals surface area contributed by atoms with Crippen LogP contribution in [0.15, 0.2) is 42.5 Å². The summed E-state index contributed by atoms with van der Waals surface area (Å²) in [6.07, 6.45) is 1.09. The second-order valence-electron chi connectivity index (χ2n) is 5.35. The lowest BCUT2D eigenvalue weighted by atomic mass is 9.71. The van der Waals surface area contributed by atoms with Crippen molar-refractivity contribution in [3.63, 3.8) is 0 Å². The summed E-state index contributed by atoms with van der Waals surface area (Å²) < 4.78 is 11.1. The topological polar surface area (TPSA) is 30.5 Å². The number of hydrogen-bond donors (Lipinski definition) is 1. The fraction of sp³-hybridized carbons (Fsp3) is 0.333. The van der Waals surface area contributed by atoms with Gasteiger partial charge in [0.15, 0.2) is 0 Å². The Kier molecular flexibility index (Phi) is 3.84. The van der Waals surface area contributed by atoms with E-state index >= 15 is 0 Å². The van der Waals surface area contributed by atoms with Crippen molar-refractivity contribution in [2.45, 2.75) is 18.4 Å². The van der Waals surface area contributed by atoms with Crippen LogP contribution >= 0.6 is 0 Å². The van der Waals surface area contributed by atoms with Gasteiger partial charge in [0.05, 0.1) is 19.8 Å². The predicted molar refractivity (Wildman–Crippen MR) is 84.2 cm³/mol. The van der Waals surface area contributed by atoms with Gasteiger partial charge in [0.2, 0.25) is 0 Å². The van der Waals surface area contributed by atoms with Gasteiger partial charge >= 0.3 is 0 Å². The molecule has 0 fully saturated rings. The van der Waals surface area contributed by atoms with Gasteiger partial charge in [-0.2, -0.15) is 0 Å². The number of hydrogen-bond acceptors (Lipinski definition) is 3. The number of likely N-dealkylation sites (N-methyl/N-ethyl adjacent to an activating group) is 1. The molecule has 1 aliphatic carbocycles. The molecule has 0 aromatic heterocycles. The van der Waals surface area contributed by atoms with Crippen molar-refractivity contribution in [1.82, 2.24) is 5.32 Å². The Morgan fingerprint density at radius 2 is 1.67 bits per heavy atom. The highest BCUT2D eigenvalue weighted by Crippen LogP contribution is 2.47. The van der Waals surface area contributed by atoms with E-state index in [0.29, 0.717) is 5.92 Å². The molecule has 2 aromatic rings. The van der Waals surface area contributed by atoms with Crippen LogP contribution in [-0.4, -0.2) is 21.3 Å². The number of benzene rings is 2. The minimum atomic E-state index is 0.186. The van der Waals surface area contributed by atoms with Crippen molar-refractivity contribution in [2.75, 3.05) is 21.3 Å². The largest absolute Gasteiger partial charge is 0.496 e. The normalized spacial score (nSPS) is 17.6. The Hall–Kier alpha value is -2.00. The minimum Gasteiger partial charge on any atom is -0.496 e. The third-order valence-electron chi connectivity index (χ3n) is 4.38. The Morgan fingerprint density at radius 1 is 1.00 bits per heavy atom. The summed E-state index contributed by atoms with van der Waals surface area (Å²) in [5.41, 5.74) is 3.96. The Morgan fingerprint density at radius 3 is 2.24 bits per heavy atom. The first-order chi connectivity index (χ1) is 10.3. The first-order valence-corrected chi connectivity index (χ1v) is 7.26. The molecule has 0 amide bonds. The molecule has 110 valence electrons. The second-order valence-corrected chi connectivity index (χ2v) is 5.35. The lowest BCUT2D eigenvalue weighted by Gasteiger charge is -2.37. The van der Waals surface area contributed by atoms with Crippen molar-refractivity contribution >= 4 is 0 Å². The summed E-state index contributed by atoms with van der Waals surface area (Å²) in [7, 11) is 5.41. The molecule has 3 heteroatoms. The molecule has 0 aliphatic heterocycles. The molecule has 0 spiro atoms. The molecular weight excluding hydrogens is 262 g/mol. The van der Waals surface area contributed by atoms with E-state index < -0.39 is 0 Å². The van der Waals surface area contributed by atoms with Crippen LogP contribution in [0.2, 0.25) is 0 Å². The van der Waals surface area contributed by atoms with Crippen molar-refractivity contribution < 1.29 is 9.47 Å². The van der Waals surface area contributed by atoms with Gasteiger partial charge in [0.1, 0.15) is 11.5 Å². The number of fused-ring (bicyclic) bond motifs is 1. The molecule has 2 aromatic carbocycles. The quantitative estimate of drug-likeness (QED) is 0.913. The van der Waals surface area contributed by atoms with E-state index in [2.05, 4.69) is 29.6 Å². The van der Waals surface area contributed by atoms with Crippen LogP contribution in [0.1, 0.15) is 28.7 Å². The second kappa shape index (κ2) is 5.78. The minimum absolute atomic E-state index is 0.186. The molecule has 3 nitrogen and oxygen atoms in total. The molecule has 0 heterocycles. The maximum Gasteiger partial charge on any atom is 0.127 e. The van der Waals surface area contributed by atoms with Crippen molar-refractivity contribution in [2.24, 2.45) is 0 Å². The SMILES string of the molecule is CNC(c1c(OC)cccc1OC)C1Cc2ccccc21. The van der Waals surface area contributed by atoms with Gasteiger partial charge in [-0.1, -0.05) is 30.3 Å². The summed E-state index contributed by atoms with van der Waals surface area (Å²) in [6.45, 7) is 0. The third-order valence-corrected chi connectivity index (χ3v) is 4.38. The molecule has 2 atom stereocenters. The Labute approximate surface area is 125 Å². The van der Waals surface area contributed by atoms with E-state index in [9.17, 15) is 0 Å². The maximum atomic E-state index is 5.56. The lowest BCUT2D eigenvalue weighted by Crippen LogP contribution is -2.31. The summed E-state index contributed by atoms with van der Waals surface area (Å²) in [5.74, 6) is 2.20. The highest BCUT2D eigenvalue weighted by atomic mass is 16.5. The van der Waals surface area contributed by atoms with Gasteiger partial charge in [-0.05, 0) is 36.7 Å². The summed E-state index contributed by atoms with van der Waals surface area (Å²) in [6, 6.07) is 14.8. The van der Waals surface area contributed by atoms with Crippen LogP contribution in [0.4, 0.5) is 0 Å². The van der Waals surface area contributed by atoms with Crippen LogP contribution in [0.5, 0.6) is 11.5 Å². The van der Waals surface area contributed by atoms with Gasteiger partial charge in [0, 0.05) is 12.0 Å². The Balaban J connectivity index is 2.02. The monoisotopic (exact) mass is 283 g/mol. The molecule has 0 radical (unpaired) electrons. The zero-order valence-electron chi connectivity index (χ0n) is 12.7. The third kappa shape index (κ3) is 2.28. The van der Waals surface area contributed by atoms with Gasteiger partial charge in [-0.25, -0.2) is 0 Å². The molecule has 0 saturated carbocycles. The molecule has 3 rings (SSSR count). The zero-order chi connectivity index (χ0) is 14.8. The average Bonchev–Trinajstić information content (AvgIpc) is 2.52. The number of ether oxygens (including phenoxy) is 2. The fourth-order valence-corrected chi connectivity index (χ4v) is 3.33. The zero-order valence-corrected chi connectivity index (χ0v) is 12.7. The molecule has 21 heavy (non-hydrogen) atoms. The summed E-state index contributed by atoms with van der Waals surface area (Å²) in [5, 5.41) is 3.45. The first-order valence-electron chi connectivity index (χ1n) is 7.26. The van der Waals surface area contributed by atoms with E-state index in [4.69, 9.17) is 9.47 Å². The highest BCUT2D eigenvalue weighted by molar-refractivity contribution is 5.51. The van der Waals surface area contributed by atoms with Crippen molar-refractivity contribution in [1.29, 1.82) is 0 Å². The molecule has 0 bridgehead atoms. The van der Waals surface area contributed by atoms with Crippen LogP contribution in [-0.2, 0) is 6.42 Å². The smallest absolute Gasteiger partial charge is 0.127 e. The lowest BCUT2D eigenvalue weighted by molar-refractivity contribution is 0.354. The van der Waals surface area contributed by atoms with Crippen molar-refractivity contribution in [3.8, 4) is 11.5 Å². The maximum absolute atomic E-state index is 5.56. The van der Waals surface area contributed by atoms with E-state index in [-0.39, 0.29) is 6.04 Å². The highest BCUT2D eigenvalue weighted by Gasteiger charge is 2.35. The number of rotatable bonds is 5. The van der Waals surface area contributed by atoms with Crippen LogP contribution in [0, 0.1) is 0 Å². The number of nitrogens with one attached hydrogen (secondary N) is 1. The van der Waals surface area contributed by atoms with Crippen molar-refractivity contribution in [3.05, 3.63) is 59.2 Å². The molecule has 1 aliphatic rings. The van der Waals surface area contributed by atoms with Gasteiger partial charge in [-0.15, -0.1) is 0 Å². The fourth-order valence-electron chi connectivity index (χ4n) is 3.33. The standard InChI is InChI=1S/C18H21NO2/c1-19-18(14-11-12-7-4-5-8-13(12)14)17-15(20-2)9-6-10-16(17)21-3/h4-10,14,18-19H,11H2,1-3H3. The van der Waals surface area contributed by atoms with Crippen LogP contribution < -0.4 is 14.8 Å². The molecule has 0 saturated heterocycles. The summed E-state index contributed by atoms with van der Waals surface area (Å²) >= 11 is 0. The van der Waals surface area contributed by atoms with Crippen LogP contribution in [0.3, 0.4) is 0 Å². The molecule has 2 unspecified atom stereocenters. The van der Waals surface area contributed by atoms with E-state index in [1.54, 1.807) is 14.2 Å². The van der Waals surface area contributed by atoms with Gasteiger partial charge < -0.3 is 14.8 Å². The molecular formula is C18H21NO2. The average molecular weight is 283 g/mol. The van der Waals surface area contributed by atoms with Crippen LogP contribution in [0.25, 0.3) is 0 Å². The van der Waals surface area contributed by atoms with Gasteiger partial charge in [0.25, 0.3) is 0 Å². The molecule has 1 N–H and O–H groups in total. The number of methoxy groups -OCH3 is 2. The van der Waals surface area contributed by atoms with E-state index in [1.165, 1.54) is 11.1 Å². The Bertz CT molecular complexity index is 617. The van der Waals surface area contributed by atoms with E-state index in [1.807, 2.05) is 25.2 Å². The predicted octanol–water partition coefficient (Wildman–Crippen LogP) is 3.30. The summed E-state index contributed by atoms with van der Waals surface area (Å²) in [4.78, 5) is 0. The first kappa shape index (κ1) is 14.0. The van der Waals surface area contributed by atoms with E-state index in [0.717, 1.165) is 23.5 Å². The van der Waals surface area contributed by atoms with Gasteiger partial charge in [-0.3, -0.25) is 0 Å².